The Labute approximate surface area is 120 Å². The molecule has 0 radical (unpaired) electrons. The molecule has 1 aliphatic rings. The number of rotatable bonds is 6. The minimum Gasteiger partial charge on any atom is -0.351 e. The Kier molecular flexibility index (Phi) is 5.14. The highest BCUT2D eigenvalue weighted by atomic mass is 16.2. The van der Waals surface area contributed by atoms with E-state index in [1.807, 2.05) is 0 Å². The SMILES string of the molecule is CCN(CC)CC(C)NC(=O)C1Cc2nc[nH]c2CN1. The Morgan fingerprint density at radius 2 is 2.30 bits per heavy atom. The summed E-state index contributed by atoms with van der Waals surface area (Å²) in [6, 6.07) is -0.0188. The minimum absolute atomic E-state index is 0.0679. The summed E-state index contributed by atoms with van der Waals surface area (Å²) in [5.74, 6) is 0.0679. The molecule has 2 heterocycles. The van der Waals surface area contributed by atoms with Gasteiger partial charge in [0.1, 0.15) is 0 Å². The summed E-state index contributed by atoms with van der Waals surface area (Å²) in [4.78, 5) is 21.9. The van der Waals surface area contributed by atoms with Crippen LogP contribution in [0.1, 0.15) is 32.2 Å². The highest BCUT2D eigenvalue weighted by Gasteiger charge is 2.26. The topological polar surface area (TPSA) is 73.0 Å². The number of likely N-dealkylation sites (N-methyl/N-ethyl adjacent to an activating group) is 1. The Morgan fingerprint density at radius 1 is 1.55 bits per heavy atom. The maximum atomic E-state index is 12.3. The van der Waals surface area contributed by atoms with Crippen molar-refractivity contribution in [3.63, 3.8) is 0 Å². The summed E-state index contributed by atoms with van der Waals surface area (Å²) in [6.07, 6.45) is 2.35. The Bertz CT molecular complexity index is 441. The van der Waals surface area contributed by atoms with Gasteiger partial charge in [0.15, 0.2) is 0 Å². The Balaban J connectivity index is 1.83. The molecule has 2 rings (SSSR count). The van der Waals surface area contributed by atoms with Gasteiger partial charge < -0.3 is 15.2 Å². The molecule has 0 bridgehead atoms. The summed E-state index contributed by atoms with van der Waals surface area (Å²) < 4.78 is 0. The number of amides is 1. The number of hydrogen-bond acceptors (Lipinski definition) is 4. The van der Waals surface area contributed by atoms with E-state index in [1.165, 1.54) is 0 Å². The van der Waals surface area contributed by atoms with Crippen molar-refractivity contribution in [2.75, 3.05) is 19.6 Å². The van der Waals surface area contributed by atoms with Crippen LogP contribution in [-0.4, -0.2) is 52.5 Å². The molecule has 1 aliphatic heterocycles. The number of carbonyl (C=O) groups is 1. The average Bonchev–Trinajstić information content (AvgIpc) is 2.91. The minimum atomic E-state index is -0.176. The van der Waals surface area contributed by atoms with Crippen molar-refractivity contribution in [3.8, 4) is 0 Å². The van der Waals surface area contributed by atoms with Crippen LogP contribution >= 0.6 is 0 Å². The number of fused-ring (bicyclic) bond motifs is 1. The summed E-state index contributed by atoms with van der Waals surface area (Å²) in [5, 5.41) is 6.34. The zero-order valence-electron chi connectivity index (χ0n) is 12.6. The fraction of sp³-hybridized carbons (Fsp3) is 0.714. The molecule has 6 nitrogen and oxygen atoms in total. The maximum Gasteiger partial charge on any atom is 0.237 e. The Hall–Kier alpha value is -1.40. The smallest absolute Gasteiger partial charge is 0.237 e. The molecule has 1 amide bonds. The van der Waals surface area contributed by atoms with E-state index in [1.54, 1.807) is 6.33 Å². The lowest BCUT2D eigenvalue weighted by Crippen LogP contribution is -2.52. The van der Waals surface area contributed by atoms with E-state index >= 15 is 0 Å². The first-order chi connectivity index (χ1) is 9.63. The number of imidazole rings is 1. The number of nitrogens with zero attached hydrogens (tertiary/aromatic N) is 2. The molecule has 0 aliphatic carbocycles. The summed E-state index contributed by atoms with van der Waals surface area (Å²) in [7, 11) is 0. The normalized spacial score (nSPS) is 19.7. The second kappa shape index (κ2) is 6.85. The van der Waals surface area contributed by atoms with E-state index in [9.17, 15) is 4.79 Å². The van der Waals surface area contributed by atoms with Crippen molar-refractivity contribution in [2.24, 2.45) is 0 Å². The lowest BCUT2D eigenvalue weighted by atomic mass is 10.0. The van der Waals surface area contributed by atoms with Gasteiger partial charge in [-0.3, -0.25) is 10.1 Å². The molecule has 112 valence electrons. The van der Waals surface area contributed by atoms with Crippen molar-refractivity contribution in [2.45, 2.75) is 45.8 Å². The van der Waals surface area contributed by atoms with Crippen LogP contribution in [0.5, 0.6) is 0 Å². The zero-order valence-corrected chi connectivity index (χ0v) is 12.6. The third kappa shape index (κ3) is 3.58. The van der Waals surface area contributed by atoms with E-state index in [0.717, 1.165) is 31.0 Å². The lowest BCUT2D eigenvalue weighted by Gasteiger charge is -2.27. The zero-order chi connectivity index (χ0) is 14.5. The van der Waals surface area contributed by atoms with E-state index in [0.29, 0.717) is 13.0 Å². The fourth-order valence-corrected chi connectivity index (χ4v) is 2.61. The molecule has 1 aromatic heterocycles. The summed E-state index contributed by atoms with van der Waals surface area (Å²) in [5.41, 5.74) is 2.09. The molecule has 0 saturated carbocycles. The first-order valence-electron chi connectivity index (χ1n) is 7.41. The predicted molar refractivity (Wildman–Crippen MR) is 78.3 cm³/mol. The van der Waals surface area contributed by atoms with Gasteiger partial charge in [0, 0.05) is 25.6 Å². The van der Waals surface area contributed by atoms with Crippen molar-refractivity contribution in [3.05, 3.63) is 17.7 Å². The highest BCUT2D eigenvalue weighted by molar-refractivity contribution is 5.82. The fourth-order valence-electron chi connectivity index (χ4n) is 2.61. The van der Waals surface area contributed by atoms with Gasteiger partial charge in [-0.15, -0.1) is 0 Å². The van der Waals surface area contributed by atoms with Gasteiger partial charge in [0.05, 0.1) is 23.8 Å². The number of nitrogens with one attached hydrogen (secondary N) is 3. The highest BCUT2D eigenvalue weighted by Crippen LogP contribution is 2.12. The average molecular weight is 279 g/mol. The third-order valence-electron chi connectivity index (χ3n) is 3.86. The van der Waals surface area contributed by atoms with Crippen molar-refractivity contribution in [1.82, 2.24) is 25.5 Å². The number of carbonyl (C=O) groups excluding carboxylic acids is 1. The van der Waals surface area contributed by atoms with Crippen LogP contribution < -0.4 is 10.6 Å². The largest absolute Gasteiger partial charge is 0.351 e. The van der Waals surface area contributed by atoms with E-state index in [2.05, 4.69) is 46.3 Å². The lowest BCUT2D eigenvalue weighted by molar-refractivity contribution is -0.124. The molecule has 2 atom stereocenters. The van der Waals surface area contributed by atoms with Gasteiger partial charge in [-0.05, 0) is 20.0 Å². The van der Waals surface area contributed by atoms with Gasteiger partial charge in [-0.2, -0.15) is 0 Å². The standard InChI is InChI=1S/C14H25N5O/c1-4-19(5-2)8-10(3)18-14(20)12-6-11-13(7-15-12)17-9-16-11/h9-10,12,15H,4-8H2,1-3H3,(H,16,17)(H,18,20). The number of aromatic amines is 1. The predicted octanol–water partition coefficient (Wildman–Crippen LogP) is 0.271. The second-order valence-corrected chi connectivity index (χ2v) is 5.36. The third-order valence-corrected chi connectivity index (χ3v) is 3.86. The number of hydrogen-bond donors (Lipinski definition) is 3. The molecule has 0 fully saturated rings. The number of aromatic nitrogens is 2. The van der Waals surface area contributed by atoms with Crippen LogP contribution in [0.2, 0.25) is 0 Å². The van der Waals surface area contributed by atoms with Gasteiger partial charge in [0.2, 0.25) is 5.91 Å². The molecule has 0 spiro atoms. The first-order valence-corrected chi connectivity index (χ1v) is 7.41. The van der Waals surface area contributed by atoms with Gasteiger partial charge >= 0.3 is 0 Å². The molecule has 3 N–H and O–H groups in total. The van der Waals surface area contributed by atoms with Crippen molar-refractivity contribution >= 4 is 5.91 Å². The van der Waals surface area contributed by atoms with Crippen LogP contribution in [0.4, 0.5) is 0 Å². The van der Waals surface area contributed by atoms with Crippen molar-refractivity contribution in [1.29, 1.82) is 0 Å². The van der Waals surface area contributed by atoms with Crippen LogP contribution in [0.25, 0.3) is 0 Å². The van der Waals surface area contributed by atoms with E-state index in [4.69, 9.17) is 0 Å². The van der Waals surface area contributed by atoms with Crippen molar-refractivity contribution < 1.29 is 4.79 Å². The molecular formula is C14H25N5O. The summed E-state index contributed by atoms with van der Waals surface area (Å²) >= 11 is 0. The van der Waals surface area contributed by atoms with Gasteiger partial charge in [0.25, 0.3) is 0 Å². The molecular weight excluding hydrogens is 254 g/mol. The van der Waals surface area contributed by atoms with Crippen LogP contribution in [-0.2, 0) is 17.8 Å². The van der Waals surface area contributed by atoms with Crippen LogP contribution in [0.15, 0.2) is 6.33 Å². The molecule has 6 heteroatoms. The monoisotopic (exact) mass is 279 g/mol. The van der Waals surface area contributed by atoms with Gasteiger partial charge in [-0.25, -0.2) is 4.98 Å². The quantitative estimate of drug-likeness (QED) is 0.699. The Morgan fingerprint density at radius 3 is 3.00 bits per heavy atom. The molecule has 0 saturated heterocycles. The van der Waals surface area contributed by atoms with Gasteiger partial charge in [-0.1, -0.05) is 13.8 Å². The van der Waals surface area contributed by atoms with E-state index < -0.39 is 0 Å². The first kappa shape index (κ1) is 15.0. The molecule has 20 heavy (non-hydrogen) atoms. The van der Waals surface area contributed by atoms with Crippen LogP contribution in [0, 0.1) is 0 Å². The van der Waals surface area contributed by atoms with Crippen LogP contribution in [0.3, 0.4) is 0 Å². The summed E-state index contributed by atoms with van der Waals surface area (Å²) in [6.45, 7) is 9.92. The molecule has 2 unspecified atom stereocenters. The molecule has 1 aromatic rings. The maximum absolute atomic E-state index is 12.3. The number of H-pyrrole nitrogens is 1. The van der Waals surface area contributed by atoms with E-state index in [-0.39, 0.29) is 18.0 Å². The molecule has 0 aromatic carbocycles. The second-order valence-electron chi connectivity index (χ2n) is 5.36.